The van der Waals surface area contributed by atoms with Crippen LogP contribution in [0, 0.1) is 11.8 Å². The van der Waals surface area contributed by atoms with Crippen molar-refractivity contribution < 1.29 is 38.7 Å². The van der Waals surface area contributed by atoms with E-state index < -0.39 is 77.9 Å². The number of primary amides is 2. The van der Waals surface area contributed by atoms with Crippen molar-refractivity contribution in [2.75, 3.05) is 0 Å². The smallest absolute Gasteiger partial charge is 0.405 e. The zero-order valence-electron chi connectivity index (χ0n) is 25.8. The SMILES string of the molecule is CC[C@H](C)C(NC(=O)[C@H](CC(C)C)NC(=O)O)C(=O)C(=O)N[C@@H](CC(N)=O)C(=O)N[C@@H](Cc1ccc2ccccc2c1)C(N)=O. The topological polar surface area (TPSA) is 240 Å². The summed E-state index contributed by atoms with van der Waals surface area (Å²) in [4.78, 5) is 87.8. The summed E-state index contributed by atoms with van der Waals surface area (Å²) in [5, 5.41) is 20.2. The van der Waals surface area contributed by atoms with Crippen molar-refractivity contribution in [3.8, 4) is 0 Å². The van der Waals surface area contributed by atoms with Crippen LogP contribution in [-0.4, -0.2) is 70.7 Å². The van der Waals surface area contributed by atoms with E-state index in [9.17, 15) is 33.6 Å². The minimum atomic E-state index is -1.65. The van der Waals surface area contributed by atoms with Crippen LogP contribution in [0.5, 0.6) is 0 Å². The minimum Gasteiger partial charge on any atom is -0.465 e. The van der Waals surface area contributed by atoms with Gasteiger partial charge >= 0.3 is 6.09 Å². The molecule has 2 rings (SSSR count). The Hall–Kier alpha value is -5.01. The number of benzene rings is 2. The first-order valence-corrected chi connectivity index (χ1v) is 14.6. The molecule has 14 nitrogen and oxygen atoms in total. The van der Waals surface area contributed by atoms with Crippen molar-refractivity contribution in [2.45, 2.75) is 77.5 Å². The second-order valence-corrected chi connectivity index (χ2v) is 11.4. The molecule has 0 aromatic heterocycles. The second kappa shape index (κ2) is 16.7. The third-order valence-electron chi connectivity index (χ3n) is 7.28. The van der Waals surface area contributed by atoms with E-state index in [0.29, 0.717) is 12.0 Å². The lowest BCUT2D eigenvalue weighted by atomic mass is 9.93. The van der Waals surface area contributed by atoms with Gasteiger partial charge in [-0.25, -0.2) is 4.79 Å². The number of rotatable bonds is 17. The van der Waals surface area contributed by atoms with E-state index in [-0.39, 0.29) is 18.8 Å². The maximum Gasteiger partial charge on any atom is 0.405 e. The molecule has 9 N–H and O–H groups in total. The summed E-state index contributed by atoms with van der Waals surface area (Å²) in [5.74, 6) is -6.69. The molecule has 6 amide bonds. The number of carboxylic acid groups (broad SMARTS) is 1. The summed E-state index contributed by atoms with van der Waals surface area (Å²) < 4.78 is 0. The van der Waals surface area contributed by atoms with Gasteiger partial charge in [-0.1, -0.05) is 76.6 Å². The van der Waals surface area contributed by atoms with E-state index in [1.807, 2.05) is 36.4 Å². The normalized spacial score (nSPS) is 14.3. The summed E-state index contributed by atoms with van der Waals surface area (Å²) in [6.07, 6.45) is -1.65. The Kier molecular flexibility index (Phi) is 13.5. The van der Waals surface area contributed by atoms with Gasteiger partial charge in [0, 0.05) is 6.42 Å². The Morgan fingerprint density at radius 2 is 1.40 bits per heavy atom. The third kappa shape index (κ3) is 11.2. The van der Waals surface area contributed by atoms with Crippen LogP contribution < -0.4 is 32.7 Å². The highest BCUT2D eigenvalue weighted by molar-refractivity contribution is 6.39. The number of nitrogens with two attached hydrogens (primary N) is 2. The lowest BCUT2D eigenvalue weighted by molar-refractivity contribution is -0.143. The van der Waals surface area contributed by atoms with Gasteiger partial charge < -0.3 is 37.8 Å². The fourth-order valence-electron chi connectivity index (χ4n) is 4.69. The molecule has 0 aliphatic carbocycles. The molecule has 5 atom stereocenters. The molecule has 0 aliphatic heterocycles. The molecule has 0 fully saturated rings. The Balaban J connectivity index is 2.22. The van der Waals surface area contributed by atoms with Crippen LogP contribution in [-0.2, 0) is 35.2 Å². The lowest BCUT2D eigenvalue weighted by Gasteiger charge is -2.27. The van der Waals surface area contributed by atoms with Gasteiger partial charge in [0.1, 0.15) is 18.1 Å². The van der Waals surface area contributed by atoms with E-state index in [1.54, 1.807) is 33.8 Å². The zero-order chi connectivity index (χ0) is 33.8. The van der Waals surface area contributed by atoms with Crippen LogP contribution >= 0.6 is 0 Å². The number of hydrogen-bond acceptors (Lipinski definition) is 7. The predicted octanol–water partition coefficient (Wildman–Crippen LogP) is 0.495. The number of fused-ring (bicyclic) bond motifs is 1. The van der Waals surface area contributed by atoms with Crippen LogP contribution in [0.25, 0.3) is 10.8 Å². The molecule has 2 aromatic rings. The van der Waals surface area contributed by atoms with E-state index in [4.69, 9.17) is 16.6 Å². The first kappa shape index (κ1) is 36.2. The Morgan fingerprint density at radius 1 is 0.778 bits per heavy atom. The monoisotopic (exact) mass is 626 g/mol. The molecule has 2 aromatic carbocycles. The summed E-state index contributed by atoms with van der Waals surface area (Å²) >= 11 is 0. The van der Waals surface area contributed by atoms with Gasteiger partial charge in [-0.15, -0.1) is 0 Å². The third-order valence-corrected chi connectivity index (χ3v) is 7.28. The van der Waals surface area contributed by atoms with Crippen molar-refractivity contribution in [3.05, 3.63) is 48.0 Å². The first-order chi connectivity index (χ1) is 21.1. The van der Waals surface area contributed by atoms with E-state index in [2.05, 4.69) is 21.3 Å². The highest BCUT2D eigenvalue weighted by atomic mass is 16.4. The van der Waals surface area contributed by atoms with Crippen LogP contribution in [0.15, 0.2) is 42.5 Å². The molecule has 0 bridgehead atoms. The molecule has 45 heavy (non-hydrogen) atoms. The van der Waals surface area contributed by atoms with Crippen LogP contribution in [0.4, 0.5) is 4.79 Å². The molecule has 14 heteroatoms. The minimum absolute atomic E-state index is 0.00607. The quantitative estimate of drug-likeness (QED) is 0.122. The highest BCUT2D eigenvalue weighted by Gasteiger charge is 2.36. The average molecular weight is 627 g/mol. The fourth-order valence-corrected chi connectivity index (χ4v) is 4.69. The molecule has 0 saturated carbocycles. The second-order valence-electron chi connectivity index (χ2n) is 11.4. The zero-order valence-corrected chi connectivity index (χ0v) is 25.8. The Bertz CT molecular complexity index is 1430. The number of carbonyl (C=O) groups excluding carboxylic acids is 6. The maximum absolute atomic E-state index is 13.3. The van der Waals surface area contributed by atoms with Crippen molar-refractivity contribution >= 4 is 52.2 Å². The summed E-state index contributed by atoms with van der Waals surface area (Å²) in [7, 11) is 0. The fraction of sp³-hybridized carbons (Fsp3) is 0.452. The summed E-state index contributed by atoms with van der Waals surface area (Å²) in [6, 6.07) is 7.55. The van der Waals surface area contributed by atoms with Gasteiger partial charge in [-0.2, -0.15) is 0 Å². The van der Waals surface area contributed by atoms with Crippen molar-refractivity contribution in [2.24, 2.45) is 23.3 Å². The van der Waals surface area contributed by atoms with Gasteiger partial charge in [-0.05, 0) is 34.6 Å². The molecule has 0 aliphatic rings. The number of ketones is 1. The van der Waals surface area contributed by atoms with Gasteiger partial charge in [0.15, 0.2) is 0 Å². The lowest BCUT2D eigenvalue weighted by Crippen LogP contribution is -2.59. The number of carbonyl (C=O) groups is 7. The Labute approximate surface area is 261 Å². The standard InChI is InChI=1S/C31H42N6O8/c1-5-17(4)25(37-29(42)22(12-16(2)3)36-31(44)45)26(39)30(43)35-23(15-24(32)38)28(41)34-21(27(33)40)14-18-10-11-19-8-6-7-9-20(19)13-18/h6-11,13,16-17,21-23,25,36H,5,12,14-15H2,1-4H3,(H2,32,38)(H2,33,40)(H,34,41)(H,35,43)(H,37,42)(H,44,45)/t17-,21-,22-,23-,25?/m0/s1. The van der Waals surface area contributed by atoms with Gasteiger partial charge in [0.2, 0.25) is 29.4 Å². The highest BCUT2D eigenvalue weighted by Crippen LogP contribution is 2.17. The van der Waals surface area contributed by atoms with E-state index in [1.165, 1.54) is 0 Å². The van der Waals surface area contributed by atoms with Crippen LogP contribution in [0.1, 0.15) is 52.5 Å². The Morgan fingerprint density at radius 3 is 1.96 bits per heavy atom. The molecule has 1 unspecified atom stereocenters. The molecular weight excluding hydrogens is 584 g/mol. The maximum atomic E-state index is 13.3. The molecule has 244 valence electrons. The number of Topliss-reactive ketones (excluding diaryl/α,β-unsaturated/α-hetero) is 1. The number of amides is 6. The first-order valence-electron chi connectivity index (χ1n) is 14.6. The van der Waals surface area contributed by atoms with Crippen molar-refractivity contribution in [3.63, 3.8) is 0 Å². The largest absolute Gasteiger partial charge is 0.465 e. The number of nitrogens with one attached hydrogen (secondary N) is 4. The van der Waals surface area contributed by atoms with Gasteiger partial charge in [0.05, 0.1) is 12.5 Å². The molecule has 0 radical (unpaired) electrons. The van der Waals surface area contributed by atoms with Crippen molar-refractivity contribution in [1.29, 1.82) is 0 Å². The van der Waals surface area contributed by atoms with E-state index >= 15 is 0 Å². The number of hydrogen-bond donors (Lipinski definition) is 7. The van der Waals surface area contributed by atoms with Crippen molar-refractivity contribution in [1.82, 2.24) is 21.3 Å². The van der Waals surface area contributed by atoms with Gasteiger partial charge in [0.25, 0.3) is 5.91 Å². The predicted molar refractivity (Wildman–Crippen MR) is 165 cm³/mol. The molecule has 0 saturated heterocycles. The van der Waals surface area contributed by atoms with Gasteiger partial charge in [-0.3, -0.25) is 28.8 Å². The van der Waals surface area contributed by atoms with Crippen LogP contribution in [0.2, 0.25) is 0 Å². The van der Waals surface area contributed by atoms with E-state index in [0.717, 1.165) is 10.8 Å². The summed E-state index contributed by atoms with van der Waals surface area (Å²) in [6.45, 7) is 6.89. The molecule has 0 heterocycles. The van der Waals surface area contributed by atoms with Crippen LogP contribution in [0.3, 0.4) is 0 Å². The average Bonchev–Trinajstić information content (AvgIpc) is 2.97. The molecule has 0 spiro atoms. The molecular formula is C31H42N6O8. The summed E-state index contributed by atoms with van der Waals surface area (Å²) in [5.41, 5.74) is 11.5.